The third-order valence-electron chi connectivity index (χ3n) is 1.62. The van der Waals surface area contributed by atoms with Gasteiger partial charge in [0.15, 0.2) is 0 Å². The molecular weight excluding hydrogens is 246 g/mol. The van der Waals surface area contributed by atoms with Crippen molar-refractivity contribution in [3.63, 3.8) is 0 Å². The average Bonchev–Trinajstić information content (AvgIpc) is 2.08. The van der Waals surface area contributed by atoms with Crippen LogP contribution in [-0.4, -0.2) is 11.7 Å². The van der Waals surface area contributed by atoms with Crippen LogP contribution in [0, 0.1) is 0 Å². The molecule has 0 aliphatic rings. The van der Waals surface area contributed by atoms with Gasteiger partial charge >= 0.3 is 6.09 Å². The topological polar surface area (TPSA) is 38.3 Å². The number of nitrogens with one attached hydrogen (secondary N) is 1. The smallest absolute Gasteiger partial charge is 0.412 e. The standard InChI is InChI=1S/C11H14ClNO2S/c1-11(2,3)15-10(14)13-9-7(12)5-4-6-8(9)16/h4-6,16H,1-3H3,(H,13,14). The fourth-order valence-electron chi connectivity index (χ4n) is 1.04. The number of anilines is 1. The third kappa shape index (κ3) is 3.94. The number of hydrogen-bond acceptors (Lipinski definition) is 3. The van der Waals surface area contributed by atoms with Crippen LogP contribution in [-0.2, 0) is 4.74 Å². The van der Waals surface area contributed by atoms with Gasteiger partial charge in [0.25, 0.3) is 0 Å². The van der Waals surface area contributed by atoms with E-state index in [1.54, 1.807) is 39.0 Å². The minimum absolute atomic E-state index is 0.429. The molecule has 1 rings (SSSR count). The van der Waals surface area contributed by atoms with Crippen molar-refractivity contribution in [1.82, 2.24) is 0 Å². The fraction of sp³-hybridized carbons (Fsp3) is 0.364. The molecule has 0 saturated heterocycles. The van der Waals surface area contributed by atoms with Crippen LogP contribution in [0.3, 0.4) is 0 Å². The van der Waals surface area contributed by atoms with Gasteiger partial charge in [-0.3, -0.25) is 5.32 Å². The van der Waals surface area contributed by atoms with Gasteiger partial charge in [-0.2, -0.15) is 0 Å². The molecule has 0 bridgehead atoms. The van der Waals surface area contributed by atoms with Gasteiger partial charge in [0.05, 0.1) is 10.7 Å². The Balaban J connectivity index is 2.78. The van der Waals surface area contributed by atoms with Crippen LogP contribution in [0.15, 0.2) is 23.1 Å². The zero-order valence-electron chi connectivity index (χ0n) is 9.37. The first kappa shape index (κ1) is 13.2. The van der Waals surface area contributed by atoms with Crippen LogP contribution in [0.1, 0.15) is 20.8 Å². The molecule has 1 N–H and O–H groups in total. The number of hydrogen-bond donors (Lipinski definition) is 2. The first-order valence-electron chi connectivity index (χ1n) is 4.77. The van der Waals surface area contributed by atoms with Gasteiger partial charge in [0.2, 0.25) is 0 Å². The summed E-state index contributed by atoms with van der Waals surface area (Å²) in [5.74, 6) is 0. The summed E-state index contributed by atoms with van der Waals surface area (Å²) in [4.78, 5) is 12.1. The highest BCUT2D eigenvalue weighted by atomic mass is 35.5. The van der Waals surface area contributed by atoms with E-state index in [1.165, 1.54) is 0 Å². The van der Waals surface area contributed by atoms with Gasteiger partial charge < -0.3 is 4.74 Å². The van der Waals surface area contributed by atoms with E-state index in [9.17, 15) is 4.79 Å². The molecule has 1 aromatic rings. The lowest BCUT2D eigenvalue weighted by atomic mass is 10.2. The second-order valence-electron chi connectivity index (χ2n) is 4.26. The van der Waals surface area contributed by atoms with Gasteiger partial charge in [-0.15, -0.1) is 12.6 Å². The van der Waals surface area contributed by atoms with Crippen LogP contribution >= 0.6 is 24.2 Å². The third-order valence-corrected chi connectivity index (χ3v) is 2.31. The summed E-state index contributed by atoms with van der Waals surface area (Å²) in [7, 11) is 0. The normalized spacial score (nSPS) is 11.1. The molecule has 0 aliphatic heterocycles. The van der Waals surface area contributed by atoms with E-state index in [-0.39, 0.29) is 0 Å². The Morgan fingerprint density at radius 3 is 2.56 bits per heavy atom. The molecule has 0 fully saturated rings. The molecule has 0 saturated carbocycles. The number of carbonyl (C=O) groups excluding carboxylic acids is 1. The Bertz CT molecular complexity index is 381. The molecule has 0 unspecified atom stereocenters. The lowest BCUT2D eigenvalue weighted by Crippen LogP contribution is -2.27. The second-order valence-corrected chi connectivity index (χ2v) is 5.15. The summed E-state index contributed by atoms with van der Waals surface area (Å²) >= 11 is 10.1. The van der Waals surface area contributed by atoms with Crippen molar-refractivity contribution >= 4 is 36.0 Å². The van der Waals surface area contributed by atoms with E-state index in [1.807, 2.05) is 0 Å². The average molecular weight is 260 g/mol. The van der Waals surface area contributed by atoms with E-state index in [4.69, 9.17) is 16.3 Å². The Morgan fingerprint density at radius 1 is 1.44 bits per heavy atom. The maximum atomic E-state index is 11.5. The molecule has 5 heteroatoms. The molecule has 1 aromatic carbocycles. The highest BCUT2D eigenvalue weighted by molar-refractivity contribution is 7.80. The SMILES string of the molecule is CC(C)(C)OC(=O)Nc1c(S)cccc1Cl. The number of benzene rings is 1. The molecule has 0 aliphatic carbocycles. The Hall–Kier alpha value is -0.870. The Kier molecular flexibility index (Phi) is 4.10. The monoisotopic (exact) mass is 259 g/mol. The maximum absolute atomic E-state index is 11.5. The molecular formula is C11H14ClNO2S. The predicted molar refractivity (Wildman–Crippen MR) is 68.6 cm³/mol. The number of rotatable bonds is 1. The Labute approximate surface area is 106 Å². The molecule has 1 amide bonds. The zero-order chi connectivity index (χ0) is 12.3. The Morgan fingerprint density at radius 2 is 2.06 bits per heavy atom. The van der Waals surface area contributed by atoms with Gasteiger partial charge in [-0.1, -0.05) is 17.7 Å². The van der Waals surface area contributed by atoms with Gasteiger partial charge in [0, 0.05) is 4.90 Å². The van der Waals surface area contributed by atoms with Crippen LogP contribution in [0.25, 0.3) is 0 Å². The molecule has 88 valence electrons. The summed E-state index contributed by atoms with van der Waals surface area (Å²) in [6.45, 7) is 5.38. The zero-order valence-corrected chi connectivity index (χ0v) is 11.0. The highest BCUT2D eigenvalue weighted by Crippen LogP contribution is 2.28. The van der Waals surface area contributed by atoms with Crippen molar-refractivity contribution in [2.45, 2.75) is 31.3 Å². The van der Waals surface area contributed by atoms with Crippen molar-refractivity contribution in [2.24, 2.45) is 0 Å². The molecule has 0 heterocycles. The van der Waals surface area contributed by atoms with Gasteiger partial charge in [-0.25, -0.2) is 4.79 Å². The number of thiol groups is 1. The summed E-state index contributed by atoms with van der Waals surface area (Å²) in [5.41, 5.74) is -0.0796. The first-order chi connectivity index (χ1) is 7.29. The molecule has 0 atom stereocenters. The van der Waals surface area contributed by atoms with Crippen molar-refractivity contribution in [2.75, 3.05) is 5.32 Å². The van der Waals surface area contributed by atoms with Gasteiger partial charge in [-0.05, 0) is 32.9 Å². The number of carbonyl (C=O) groups is 1. The van der Waals surface area contributed by atoms with Crippen LogP contribution < -0.4 is 5.32 Å². The van der Waals surface area contributed by atoms with Crippen molar-refractivity contribution < 1.29 is 9.53 Å². The summed E-state index contributed by atoms with van der Waals surface area (Å²) in [5, 5.41) is 2.99. The van der Waals surface area contributed by atoms with Crippen LogP contribution in [0.4, 0.5) is 10.5 Å². The molecule has 0 aromatic heterocycles. The summed E-state index contributed by atoms with van der Waals surface area (Å²) in [6.07, 6.45) is -0.545. The van der Waals surface area contributed by atoms with Gasteiger partial charge in [0.1, 0.15) is 5.60 Å². The molecule has 0 spiro atoms. The maximum Gasteiger partial charge on any atom is 0.412 e. The fourth-order valence-corrected chi connectivity index (χ4v) is 1.59. The van der Waals surface area contributed by atoms with Crippen molar-refractivity contribution in [1.29, 1.82) is 0 Å². The summed E-state index contributed by atoms with van der Waals surface area (Å²) in [6, 6.07) is 5.17. The highest BCUT2D eigenvalue weighted by Gasteiger charge is 2.17. The minimum Gasteiger partial charge on any atom is -0.444 e. The van der Waals surface area contributed by atoms with Crippen molar-refractivity contribution in [3.05, 3.63) is 23.2 Å². The van der Waals surface area contributed by atoms with Crippen LogP contribution in [0.2, 0.25) is 5.02 Å². The van der Waals surface area contributed by atoms with E-state index in [2.05, 4.69) is 17.9 Å². The molecule has 3 nitrogen and oxygen atoms in total. The first-order valence-corrected chi connectivity index (χ1v) is 5.59. The van der Waals surface area contributed by atoms with Crippen molar-refractivity contribution in [3.8, 4) is 0 Å². The number of halogens is 1. The number of amides is 1. The minimum atomic E-state index is -0.545. The predicted octanol–water partition coefficient (Wildman–Crippen LogP) is 3.98. The largest absolute Gasteiger partial charge is 0.444 e. The number of ether oxygens (including phenoxy) is 1. The summed E-state index contributed by atoms with van der Waals surface area (Å²) < 4.78 is 5.11. The lowest BCUT2D eigenvalue weighted by Gasteiger charge is -2.20. The van der Waals surface area contributed by atoms with E-state index in [0.29, 0.717) is 15.6 Å². The quantitative estimate of drug-likeness (QED) is 0.749. The molecule has 0 radical (unpaired) electrons. The van der Waals surface area contributed by atoms with E-state index in [0.717, 1.165) is 0 Å². The molecule has 16 heavy (non-hydrogen) atoms. The lowest BCUT2D eigenvalue weighted by molar-refractivity contribution is 0.0635. The van der Waals surface area contributed by atoms with E-state index < -0.39 is 11.7 Å². The van der Waals surface area contributed by atoms with E-state index >= 15 is 0 Å². The number of para-hydroxylation sites is 1. The second kappa shape index (κ2) is 4.97. The van der Waals surface area contributed by atoms with Crippen LogP contribution in [0.5, 0.6) is 0 Å².